The smallest absolute Gasteiger partial charge is 0.315 e. The minimum absolute atomic E-state index is 0.396. The summed E-state index contributed by atoms with van der Waals surface area (Å²) >= 11 is 0. The molecule has 0 heterocycles. The molecule has 0 aliphatic rings. The molecule has 0 aromatic heterocycles. The van der Waals surface area contributed by atoms with Crippen molar-refractivity contribution in [3.8, 4) is 0 Å². The molecule has 0 fully saturated rings. The van der Waals surface area contributed by atoms with Gasteiger partial charge in [-0.25, -0.2) is 0 Å². The lowest BCUT2D eigenvalue weighted by Crippen LogP contribution is -2.31. The molecule has 0 spiro atoms. The van der Waals surface area contributed by atoms with E-state index in [9.17, 15) is 13.6 Å². The van der Waals surface area contributed by atoms with E-state index >= 15 is 0 Å². The Hall–Kier alpha value is -1.45. The maximum absolute atomic E-state index is 12.0. The van der Waals surface area contributed by atoms with Crippen LogP contribution in [0, 0.1) is 6.92 Å². The highest BCUT2D eigenvalue weighted by atomic mass is 19.3. The summed E-state index contributed by atoms with van der Waals surface area (Å²) in [6.45, 7) is 3.61. The lowest BCUT2D eigenvalue weighted by atomic mass is 10.1. The van der Waals surface area contributed by atoms with Crippen molar-refractivity contribution in [3.05, 3.63) is 35.4 Å². The topological polar surface area (TPSA) is 29.1 Å². The zero-order valence-corrected chi connectivity index (χ0v) is 8.63. The fraction of sp³-hybridized carbons (Fsp3) is 0.364. The van der Waals surface area contributed by atoms with Crippen LogP contribution in [0.3, 0.4) is 0 Å². The van der Waals surface area contributed by atoms with Crippen LogP contribution in [0.15, 0.2) is 24.3 Å². The SMILES string of the molecule is Cc1ccc(C(C)NC(=O)C(F)F)cc1. The van der Waals surface area contributed by atoms with Crippen LogP contribution in [0.4, 0.5) is 8.78 Å². The van der Waals surface area contributed by atoms with Crippen LogP contribution in [-0.2, 0) is 4.79 Å². The second kappa shape index (κ2) is 4.87. The number of rotatable bonds is 3. The molecule has 1 rings (SSSR count). The van der Waals surface area contributed by atoms with Gasteiger partial charge >= 0.3 is 6.43 Å². The summed E-state index contributed by atoms with van der Waals surface area (Å²) in [4.78, 5) is 10.7. The first-order valence-corrected chi connectivity index (χ1v) is 4.66. The minimum Gasteiger partial charge on any atom is -0.345 e. The first kappa shape index (κ1) is 11.6. The molecule has 1 N–H and O–H groups in total. The Morgan fingerprint density at radius 3 is 2.27 bits per heavy atom. The largest absolute Gasteiger partial charge is 0.345 e. The van der Waals surface area contributed by atoms with Gasteiger partial charge in [0.25, 0.3) is 5.91 Å². The Balaban J connectivity index is 2.65. The van der Waals surface area contributed by atoms with Crippen molar-refractivity contribution in [1.82, 2.24) is 5.32 Å². The molecule has 1 unspecified atom stereocenters. The second-order valence-electron chi connectivity index (χ2n) is 3.44. The summed E-state index contributed by atoms with van der Waals surface area (Å²) in [5.74, 6) is -1.23. The molecule has 2 nitrogen and oxygen atoms in total. The number of halogens is 2. The van der Waals surface area contributed by atoms with Crippen LogP contribution in [0.5, 0.6) is 0 Å². The Kier molecular flexibility index (Phi) is 3.77. The van der Waals surface area contributed by atoms with Gasteiger partial charge in [-0.1, -0.05) is 29.8 Å². The van der Waals surface area contributed by atoms with Gasteiger partial charge in [-0.15, -0.1) is 0 Å². The summed E-state index contributed by atoms with van der Waals surface area (Å²) in [7, 11) is 0. The van der Waals surface area contributed by atoms with Crippen LogP contribution in [0.1, 0.15) is 24.1 Å². The number of nitrogens with one attached hydrogen (secondary N) is 1. The monoisotopic (exact) mass is 213 g/mol. The van der Waals surface area contributed by atoms with Gasteiger partial charge in [-0.3, -0.25) is 4.79 Å². The fourth-order valence-corrected chi connectivity index (χ4v) is 1.21. The lowest BCUT2D eigenvalue weighted by Gasteiger charge is -2.13. The average molecular weight is 213 g/mol. The van der Waals surface area contributed by atoms with Crippen LogP contribution in [-0.4, -0.2) is 12.3 Å². The summed E-state index contributed by atoms with van der Waals surface area (Å²) in [5, 5.41) is 2.23. The number of carbonyl (C=O) groups is 1. The molecule has 1 amide bonds. The summed E-state index contributed by atoms with van der Waals surface area (Å²) in [6.07, 6.45) is -2.96. The highest BCUT2D eigenvalue weighted by Crippen LogP contribution is 2.13. The highest BCUT2D eigenvalue weighted by Gasteiger charge is 2.17. The number of benzene rings is 1. The third-order valence-corrected chi connectivity index (χ3v) is 2.13. The van der Waals surface area contributed by atoms with Gasteiger partial charge in [0.05, 0.1) is 6.04 Å². The third kappa shape index (κ3) is 3.31. The molecule has 0 radical (unpaired) electrons. The molecule has 82 valence electrons. The number of hydrogen-bond acceptors (Lipinski definition) is 1. The van der Waals surface area contributed by atoms with Gasteiger partial charge in [0.15, 0.2) is 0 Å². The van der Waals surface area contributed by atoms with Crippen LogP contribution in [0.25, 0.3) is 0 Å². The molecule has 0 bridgehead atoms. The van der Waals surface area contributed by atoms with Gasteiger partial charge < -0.3 is 5.32 Å². The van der Waals surface area contributed by atoms with E-state index in [0.717, 1.165) is 11.1 Å². The van der Waals surface area contributed by atoms with E-state index in [2.05, 4.69) is 5.32 Å². The van der Waals surface area contributed by atoms with Crippen molar-refractivity contribution >= 4 is 5.91 Å². The fourth-order valence-electron chi connectivity index (χ4n) is 1.21. The molecule has 1 aromatic rings. The molecule has 4 heteroatoms. The number of carbonyl (C=O) groups excluding carboxylic acids is 1. The van der Waals surface area contributed by atoms with Gasteiger partial charge in [0.1, 0.15) is 0 Å². The zero-order chi connectivity index (χ0) is 11.4. The molecule has 15 heavy (non-hydrogen) atoms. The van der Waals surface area contributed by atoms with E-state index in [-0.39, 0.29) is 0 Å². The molecule has 1 aromatic carbocycles. The third-order valence-electron chi connectivity index (χ3n) is 2.13. The van der Waals surface area contributed by atoms with E-state index in [4.69, 9.17) is 0 Å². The van der Waals surface area contributed by atoms with Crippen LogP contribution >= 0.6 is 0 Å². The lowest BCUT2D eigenvalue weighted by molar-refractivity contribution is -0.132. The standard InChI is InChI=1S/C11H13F2NO/c1-7-3-5-9(6-4-7)8(2)14-11(15)10(12)13/h3-6,8,10H,1-2H3,(H,14,15). The van der Waals surface area contributed by atoms with Crippen molar-refractivity contribution in [2.45, 2.75) is 26.3 Å². The number of aryl methyl sites for hydroxylation is 1. The Labute approximate surface area is 87.3 Å². The van der Waals surface area contributed by atoms with Gasteiger partial charge in [0.2, 0.25) is 0 Å². The van der Waals surface area contributed by atoms with Gasteiger partial charge in [-0.2, -0.15) is 8.78 Å². The zero-order valence-electron chi connectivity index (χ0n) is 8.63. The number of alkyl halides is 2. The minimum atomic E-state index is -2.96. The maximum atomic E-state index is 12.0. The predicted octanol–water partition coefficient (Wildman–Crippen LogP) is 2.44. The summed E-state index contributed by atoms with van der Waals surface area (Å²) < 4.78 is 23.9. The molecular formula is C11H13F2NO. The molecule has 1 atom stereocenters. The van der Waals surface area contributed by atoms with Crippen molar-refractivity contribution in [1.29, 1.82) is 0 Å². The summed E-state index contributed by atoms with van der Waals surface area (Å²) in [6, 6.07) is 6.98. The van der Waals surface area contributed by atoms with Crippen molar-refractivity contribution in [3.63, 3.8) is 0 Å². The predicted molar refractivity (Wildman–Crippen MR) is 53.7 cm³/mol. The normalized spacial score (nSPS) is 12.6. The molecule has 0 aliphatic heterocycles. The van der Waals surface area contributed by atoms with E-state index in [1.165, 1.54) is 0 Å². The first-order chi connectivity index (χ1) is 7.00. The molecule has 0 aliphatic carbocycles. The van der Waals surface area contributed by atoms with Gasteiger partial charge in [-0.05, 0) is 19.4 Å². The quantitative estimate of drug-likeness (QED) is 0.820. The molecule has 0 saturated heterocycles. The number of hydrogen-bond donors (Lipinski definition) is 1. The Bertz CT molecular complexity index is 335. The van der Waals surface area contributed by atoms with Crippen molar-refractivity contribution in [2.75, 3.05) is 0 Å². The number of amides is 1. The highest BCUT2D eigenvalue weighted by molar-refractivity contribution is 5.79. The van der Waals surface area contributed by atoms with Crippen molar-refractivity contribution in [2.24, 2.45) is 0 Å². The Morgan fingerprint density at radius 2 is 1.80 bits per heavy atom. The van der Waals surface area contributed by atoms with E-state index in [1.54, 1.807) is 6.92 Å². The van der Waals surface area contributed by atoms with E-state index < -0.39 is 18.4 Å². The van der Waals surface area contributed by atoms with E-state index in [1.807, 2.05) is 31.2 Å². The van der Waals surface area contributed by atoms with Crippen molar-refractivity contribution < 1.29 is 13.6 Å². The molecular weight excluding hydrogens is 200 g/mol. The molecule has 0 saturated carbocycles. The second-order valence-corrected chi connectivity index (χ2v) is 3.44. The first-order valence-electron chi connectivity index (χ1n) is 4.66. The van der Waals surface area contributed by atoms with Crippen LogP contribution in [0.2, 0.25) is 0 Å². The van der Waals surface area contributed by atoms with Gasteiger partial charge in [0, 0.05) is 0 Å². The Morgan fingerprint density at radius 1 is 1.27 bits per heavy atom. The van der Waals surface area contributed by atoms with E-state index in [0.29, 0.717) is 0 Å². The van der Waals surface area contributed by atoms with Crippen LogP contribution < -0.4 is 5.32 Å². The summed E-state index contributed by atoms with van der Waals surface area (Å²) in [5.41, 5.74) is 1.90. The maximum Gasteiger partial charge on any atom is 0.315 e. The average Bonchev–Trinajstić information content (AvgIpc) is 2.18.